The number of carboxylic acid groups (broad SMARTS) is 1. The van der Waals surface area contributed by atoms with Crippen molar-refractivity contribution in [2.45, 2.75) is 38.5 Å². The van der Waals surface area contributed by atoms with E-state index in [0.29, 0.717) is 12.2 Å². The minimum atomic E-state index is -0.835. The van der Waals surface area contributed by atoms with E-state index in [1.807, 2.05) is 48.5 Å². The maximum Gasteiger partial charge on any atom is 0.311 e. The summed E-state index contributed by atoms with van der Waals surface area (Å²) >= 11 is 0. The lowest BCUT2D eigenvalue weighted by atomic mass is 9.83. The number of ether oxygens (including phenoxy) is 1. The maximum absolute atomic E-state index is 11.9. The number of carbonyl (C=O) groups is 1. The van der Waals surface area contributed by atoms with Gasteiger partial charge >= 0.3 is 5.97 Å². The molecule has 0 heterocycles. The van der Waals surface area contributed by atoms with Gasteiger partial charge in [0.1, 0.15) is 5.75 Å². The van der Waals surface area contributed by atoms with E-state index in [1.165, 1.54) is 0 Å². The minimum Gasteiger partial charge on any atom is -0.496 e. The van der Waals surface area contributed by atoms with Crippen molar-refractivity contribution in [1.82, 2.24) is 0 Å². The Balaban J connectivity index is 2.47. The van der Waals surface area contributed by atoms with E-state index in [0.717, 1.165) is 16.7 Å². The molecule has 3 heteroatoms. The second-order valence-electron chi connectivity index (χ2n) is 6.79. The van der Waals surface area contributed by atoms with Gasteiger partial charge in [-0.25, -0.2) is 0 Å². The zero-order chi connectivity index (χ0) is 17.0. The molecule has 0 radical (unpaired) electrons. The van der Waals surface area contributed by atoms with Crippen LogP contribution < -0.4 is 4.74 Å². The Morgan fingerprint density at radius 2 is 1.78 bits per heavy atom. The molecule has 2 rings (SSSR count). The van der Waals surface area contributed by atoms with Crippen molar-refractivity contribution in [3.05, 3.63) is 65.2 Å². The molecule has 1 atom stereocenters. The largest absolute Gasteiger partial charge is 0.496 e. The van der Waals surface area contributed by atoms with Crippen LogP contribution in [-0.4, -0.2) is 18.2 Å². The first-order valence-electron chi connectivity index (χ1n) is 7.78. The number of aliphatic carboxylic acids is 1. The molecule has 1 unspecified atom stereocenters. The minimum absolute atomic E-state index is 0.0448. The number of hydrogen-bond donors (Lipinski definition) is 1. The highest BCUT2D eigenvalue weighted by molar-refractivity contribution is 5.78. The number of carboxylic acids is 1. The fourth-order valence-corrected chi connectivity index (χ4v) is 2.65. The van der Waals surface area contributed by atoms with Gasteiger partial charge in [-0.2, -0.15) is 0 Å². The van der Waals surface area contributed by atoms with Gasteiger partial charge in [-0.05, 0) is 29.0 Å². The van der Waals surface area contributed by atoms with Crippen LogP contribution in [0, 0.1) is 0 Å². The van der Waals surface area contributed by atoms with Gasteiger partial charge in [0, 0.05) is 5.56 Å². The van der Waals surface area contributed by atoms with Gasteiger partial charge in [0.05, 0.1) is 13.0 Å². The summed E-state index contributed by atoms with van der Waals surface area (Å²) in [5.41, 5.74) is 2.79. The maximum atomic E-state index is 11.9. The second-order valence-corrected chi connectivity index (χ2v) is 6.79. The van der Waals surface area contributed by atoms with Crippen molar-refractivity contribution >= 4 is 5.97 Å². The Labute approximate surface area is 137 Å². The molecule has 0 aliphatic carbocycles. The van der Waals surface area contributed by atoms with Crippen molar-refractivity contribution in [2.75, 3.05) is 7.11 Å². The molecule has 0 aliphatic heterocycles. The van der Waals surface area contributed by atoms with E-state index in [1.54, 1.807) is 7.11 Å². The van der Waals surface area contributed by atoms with E-state index in [2.05, 4.69) is 20.8 Å². The zero-order valence-corrected chi connectivity index (χ0v) is 14.2. The third-order valence-corrected chi connectivity index (χ3v) is 4.05. The molecule has 122 valence electrons. The predicted octanol–water partition coefficient (Wildman–Crippen LogP) is 4.40. The molecule has 0 amide bonds. The number of hydrogen-bond acceptors (Lipinski definition) is 2. The van der Waals surface area contributed by atoms with E-state index >= 15 is 0 Å². The molecular weight excluding hydrogens is 288 g/mol. The Morgan fingerprint density at radius 3 is 2.30 bits per heavy atom. The summed E-state index contributed by atoms with van der Waals surface area (Å²) in [5, 5.41) is 9.75. The summed E-state index contributed by atoms with van der Waals surface area (Å²) in [5.74, 6) is -0.839. The van der Waals surface area contributed by atoms with Gasteiger partial charge in [0.2, 0.25) is 0 Å². The zero-order valence-electron chi connectivity index (χ0n) is 14.2. The van der Waals surface area contributed by atoms with E-state index in [-0.39, 0.29) is 5.41 Å². The monoisotopic (exact) mass is 312 g/mol. The summed E-state index contributed by atoms with van der Waals surface area (Å²) in [6, 6.07) is 15.5. The second kappa shape index (κ2) is 6.86. The SMILES string of the molecule is COc1ccc(C(C)(C)C)cc1C(Cc1ccccc1)C(=O)O. The molecule has 2 aromatic rings. The molecule has 0 bridgehead atoms. The Kier molecular flexibility index (Phi) is 5.09. The van der Waals surface area contributed by atoms with Gasteiger partial charge in [-0.1, -0.05) is 63.2 Å². The molecule has 0 spiro atoms. The topological polar surface area (TPSA) is 46.5 Å². The Hall–Kier alpha value is -2.29. The lowest BCUT2D eigenvalue weighted by molar-refractivity contribution is -0.138. The molecule has 0 saturated carbocycles. The van der Waals surface area contributed by atoms with Crippen LogP contribution in [0.15, 0.2) is 48.5 Å². The molecular formula is C20H24O3. The summed E-state index contributed by atoms with van der Waals surface area (Å²) in [6.45, 7) is 6.35. The van der Waals surface area contributed by atoms with E-state index in [4.69, 9.17) is 4.74 Å². The molecule has 0 aromatic heterocycles. The van der Waals surface area contributed by atoms with Crippen molar-refractivity contribution in [3.63, 3.8) is 0 Å². The van der Waals surface area contributed by atoms with Crippen LogP contribution in [0.25, 0.3) is 0 Å². The van der Waals surface area contributed by atoms with E-state index < -0.39 is 11.9 Å². The number of benzene rings is 2. The van der Waals surface area contributed by atoms with Gasteiger partial charge in [-0.15, -0.1) is 0 Å². The van der Waals surface area contributed by atoms with Crippen LogP contribution in [-0.2, 0) is 16.6 Å². The molecule has 0 aliphatic rings. The van der Waals surface area contributed by atoms with Crippen molar-refractivity contribution in [3.8, 4) is 5.75 Å². The first kappa shape index (κ1) is 17.1. The smallest absolute Gasteiger partial charge is 0.311 e. The summed E-state index contributed by atoms with van der Waals surface area (Å²) < 4.78 is 5.42. The highest BCUT2D eigenvalue weighted by Crippen LogP contribution is 2.34. The van der Waals surface area contributed by atoms with Crippen molar-refractivity contribution in [2.24, 2.45) is 0 Å². The first-order valence-corrected chi connectivity index (χ1v) is 7.78. The number of methoxy groups -OCH3 is 1. The highest BCUT2D eigenvalue weighted by atomic mass is 16.5. The van der Waals surface area contributed by atoms with Crippen LogP contribution >= 0.6 is 0 Å². The summed E-state index contributed by atoms with van der Waals surface area (Å²) in [4.78, 5) is 11.9. The Bertz CT molecular complexity index is 669. The third-order valence-electron chi connectivity index (χ3n) is 4.05. The van der Waals surface area contributed by atoms with Gasteiger partial charge in [-0.3, -0.25) is 4.79 Å². The van der Waals surface area contributed by atoms with Crippen molar-refractivity contribution < 1.29 is 14.6 Å². The molecule has 0 fully saturated rings. The average molecular weight is 312 g/mol. The van der Waals surface area contributed by atoms with Crippen LogP contribution in [0.5, 0.6) is 5.75 Å². The van der Waals surface area contributed by atoms with Crippen LogP contribution in [0.3, 0.4) is 0 Å². The quantitative estimate of drug-likeness (QED) is 0.890. The standard InChI is InChI=1S/C20H24O3/c1-20(2,3)15-10-11-18(23-4)16(13-15)17(19(21)22)12-14-8-6-5-7-9-14/h5-11,13,17H,12H2,1-4H3,(H,21,22). The summed E-state index contributed by atoms with van der Waals surface area (Å²) in [6.07, 6.45) is 0.445. The normalized spacial score (nSPS) is 12.7. The number of rotatable bonds is 5. The molecule has 23 heavy (non-hydrogen) atoms. The van der Waals surface area contributed by atoms with Gasteiger partial charge in [0.25, 0.3) is 0 Å². The Morgan fingerprint density at radius 1 is 1.13 bits per heavy atom. The molecule has 1 N–H and O–H groups in total. The van der Waals surface area contributed by atoms with Gasteiger partial charge in [0.15, 0.2) is 0 Å². The van der Waals surface area contributed by atoms with Crippen molar-refractivity contribution in [1.29, 1.82) is 0 Å². The third kappa shape index (κ3) is 4.13. The molecule has 3 nitrogen and oxygen atoms in total. The summed E-state index contributed by atoms with van der Waals surface area (Å²) in [7, 11) is 1.58. The molecule has 0 saturated heterocycles. The van der Waals surface area contributed by atoms with E-state index in [9.17, 15) is 9.90 Å². The lowest BCUT2D eigenvalue weighted by Crippen LogP contribution is -2.18. The molecule has 2 aromatic carbocycles. The average Bonchev–Trinajstić information content (AvgIpc) is 2.52. The van der Waals surface area contributed by atoms with Crippen LogP contribution in [0.1, 0.15) is 43.4 Å². The van der Waals surface area contributed by atoms with Crippen LogP contribution in [0.2, 0.25) is 0 Å². The van der Waals surface area contributed by atoms with Crippen LogP contribution in [0.4, 0.5) is 0 Å². The lowest BCUT2D eigenvalue weighted by Gasteiger charge is -2.23. The fraction of sp³-hybridized carbons (Fsp3) is 0.350. The van der Waals surface area contributed by atoms with Gasteiger partial charge < -0.3 is 9.84 Å². The fourth-order valence-electron chi connectivity index (χ4n) is 2.65. The predicted molar refractivity (Wildman–Crippen MR) is 92.2 cm³/mol. The first-order chi connectivity index (χ1) is 10.8. The highest BCUT2D eigenvalue weighted by Gasteiger charge is 2.26.